The Kier molecular flexibility index (Phi) is 9.63. The molecule has 204 valence electrons. The molecule has 0 spiro atoms. The Balaban J connectivity index is 1.72. The molecule has 0 aliphatic heterocycles. The molecule has 1 amide bonds. The number of ether oxygens (including phenoxy) is 2. The zero-order valence-electron chi connectivity index (χ0n) is 21.8. The smallest absolute Gasteiger partial charge is 0.329 e. The van der Waals surface area contributed by atoms with Gasteiger partial charge in [-0.15, -0.1) is 0 Å². The Morgan fingerprint density at radius 1 is 1.10 bits per heavy atom. The number of hydrogen-bond donors (Lipinski definition) is 2. The highest BCUT2D eigenvalue weighted by molar-refractivity contribution is 6.31. The number of halogens is 2. The second-order valence-electron chi connectivity index (χ2n) is 9.04. The van der Waals surface area contributed by atoms with Crippen molar-refractivity contribution in [3.8, 4) is 23.7 Å². The minimum absolute atomic E-state index is 0.0449. The van der Waals surface area contributed by atoms with Crippen molar-refractivity contribution in [2.24, 2.45) is 0 Å². The van der Waals surface area contributed by atoms with E-state index in [1.807, 2.05) is 6.07 Å². The highest BCUT2D eigenvalue weighted by Gasteiger charge is 2.19. The molecule has 0 aliphatic rings. The highest BCUT2D eigenvalue weighted by atomic mass is 35.5. The lowest BCUT2D eigenvalue weighted by Crippen LogP contribution is -2.25. The Hall–Kier alpha value is -4.70. The van der Waals surface area contributed by atoms with Crippen LogP contribution in [0, 0.1) is 35.9 Å². The number of hydrogen-bond acceptors (Lipinski definition) is 6. The third kappa shape index (κ3) is 7.90. The molecule has 0 heterocycles. The van der Waals surface area contributed by atoms with Gasteiger partial charge in [0.2, 0.25) is 0 Å². The second-order valence-corrected chi connectivity index (χ2v) is 9.48. The lowest BCUT2D eigenvalue weighted by atomic mass is 10.0. The lowest BCUT2D eigenvalue weighted by molar-refractivity contribution is -0.145. The number of nitrogens with one attached hydrogen (secondary N) is 1. The van der Waals surface area contributed by atoms with Gasteiger partial charge in [0.1, 0.15) is 23.8 Å². The van der Waals surface area contributed by atoms with Gasteiger partial charge >= 0.3 is 5.97 Å². The molecule has 0 fully saturated rings. The molecule has 3 rings (SSSR count). The number of anilines is 1. The predicted molar refractivity (Wildman–Crippen MR) is 146 cm³/mol. The summed E-state index contributed by atoms with van der Waals surface area (Å²) < 4.78 is 25.7. The van der Waals surface area contributed by atoms with Crippen LogP contribution in [-0.4, -0.2) is 41.6 Å². The van der Waals surface area contributed by atoms with E-state index in [-0.39, 0.29) is 38.7 Å². The van der Waals surface area contributed by atoms with Gasteiger partial charge < -0.3 is 19.9 Å². The van der Waals surface area contributed by atoms with Crippen LogP contribution in [0.1, 0.15) is 46.5 Å². The summed E-state index contributed by atoms with van der Waals surface area (Å²) in [6.45, 7) is 3.55. The van der Waals surface area contributed by atoms with Gasteiger partial charge in [0.15, 0.2) is 12.4 Å². The molecule has 0 aromatic heterocycles. The van der Waals surface area contributed by atoms with Gasteiger partial charge in [-0.05, 0) is 63.2 Å². The number of rotatable bonds is 9. The van der Waals surface area contributed by atoms with Gasteiger partial charge in [-0.2, -0.15) is 5.26 Å². The molecule has 8 nitrogen and oxygen atoms in total. The summed E-state index contributed by atoms with van der Waals surface area (Å²) in [6, 6.07) is 15.3. The molecule has 10 heteroatoms. The van der Waals surface area contributed by atoms with Crippen LogP contribution in [-0.2, 0) is 14.3 Å². The number of ketones is 1. The number of amides is 1. The van der Waals surface area contributed by atoms with E-state index >= 15 is 0 Å². The van der Waals surface area contributed by atoms with Crippen LogP contribution in [0.5, 0.6) is 5.75 Å². The van der Waals surface area contributed by atoms with Crippen LogP contribution in [0.4, 0.5) is 10.1 Å². The standard InChI is InChI=1S/C30H24ClFN2O6/c1-18-24(9-7-20(28(18)32)11-12-30(2,3)40-17-27(36)37)34-26(35)16-39-25-10-8-22(31)14-23(25)29(38)21-6-4-5-19(13-21)15-33/h4-10,13-14H,16-17H2,1-3H3,(H,34,35)(H,36,37). The summed E-state index contributed by atoms with van der Waals surface area (Å²) in [5.74, 6) is 2.59. The van der Waals surface area contributed by atoms with Gasteiger partial charge in [-0.25, -0.2) is 9.18 Å². The topological polar surface area (TPSA) is 126 Å². The molecular weight excluding hydrogens is 539 g/mol. The third-order valence-corrected chi connectivity index (χ3v) is 5.75. The molecular formula is C30H24ClFN2O6. The Morgan fingerprint density at radius 3 is 2.55 bits per heavy atom. The highest BCUT2D eigenvalue weighted by Crippen LogP contribution is 2.26. The summed E-state index contributed by atoms with van der Waals surface area (Å²) in [7, 11) is 0. The number of carboxylic acid groups (broad SMARTS) is 1. The summed E-state index contributed by atoms with van der Waals surface area (Å²) in [6.07, 6.45) is 0. The lowest BCUT2D eigenvalue weighted by Gasteiger charge is -2.17. The van der Waals surface area contributed by atoms with Crippen molar-refractivity contribution in [3.63, 3.8) is 0 Å². The maximum absolute atomic E-state index is 15.0. The number of carbonyl (C=O) groups is 3. The first kappa shape index (κ1) is 29.9. The van der Waals surface area contributed by atoms with Gasteiger partial charge in [0.05, 0.1) is 22.8 Å². The maximum atomic E-state index is 15.0. The molecule has 0 unspecified atom stereocenters. The van der Waals surface area contributed by atoms with Crippen LogP contribution in [0.2, 0.25) is 5.02 Å². The van der Waals surface area contributed by atoms with Crippen LogP contribution in [0.15, 0.2) is 54.6 Å². The van der Waals surface area contributed by atoms with E-state index in [4.69, 9.17) is 31.4 Å². The van der Waals surface area contributed by atoms with Gasteiger partial charge in [0.25, 0.3) is 5.91 Å². The first-order valence-electron chi connectivity index (χ1n) is 11.9. The molecule has 3 aromatic rings. The van der Waals surface area contributed by atoms with Crippen molar-refractivity contribution >= 4 is 34.9 Å². The minimum Gasteiger partial charge on any atom is -0.483 e. The first-order valence-corrected chi connectivity index (χ1v) is 12.2. The van der Waals surface area contributed by atoms with Crippen LogP contribution < -0.4 is 10.1 Å². The molecule has 0 bridgehead atoms. The Bertz CT molecular complexity index is 1580. The number of aliphatic carboxylic acids is 1. The molecule has 0 aliphatic carbocycles. The largest absolute Gasteiger partial charge is 0.483 e. The van der Waals surface area contributed by atoms with E-state index in [1.165, 1.54) is 43.3 Å². The van der Waals surface area contributed by atoms with Gasteiger partial charge in [-0.3, -0.25) is 9.59 Å². The van der Waals surface area contributed by atoms with Gasteiger partial charge in [0, 0.05) is 21.8 Å². The van der Waals surface area contributed by atoms with E-state index in [9.17, 15) is 18.8 Å². The zero-order valence-corrected chi connectivity index (χ0v) is 22.6. The molecule has 0 saturated heterocycles. The fourth-order valence-corrected chi connectivity index (χ4v) is 3.61. The second kappa shape index (κ2) is 12.9. The normalized spacial score (nSPS) is 10.6. The van der Waals surface area contributed by atoms with E-state index in [0.717, 1.165) is 0 Å². The molecule has 0 saturated carbocycles. The van der Waals surface area contributed by atoms with Crippen molar-refractivity contribution in [2.75, 3.05) is 18.5 Å². The molecule has 0 radical (unpaired) electrons. The molecule has 3 aromatic carbocycles. The molecule has 0 atom stereocenters. The zero-order chi connectivity index (χ0) is 29.4. The van der Waals surface area contributed by atoms with Crippen molar-refractivity contribution in [1.82, 2.24) is 0 Å². The quantitative estimate of drug-likeness (QED) is 0.273. The monoisotopic (exact) mass is 562 g/mol. The third-order valence-electron chi connectivity index (χ3n) is 5.51. The van der Waals surface area contributed by atoms with E-state index < -0.39 is 42.3 Å². The fourth-order valence-electron chi connectivity index (χ4n) is 3.43. The Morgan fingerprint density at radius 2 is 1.85 bits per heavy atom. The van der Waals surface area contributed by atoms with Crippen molar-refractivity contribution in [2.45, 2.75) is 26.4 Å². The van der Waals surface area contributed by atoms with E-state index in [1.54, 1.807) is 32.0 Å². The number of carboxylic acids is 1. The van der Waals surface area contributed by atoms with Crippen molar-refractivity contribution in [1.29, 1.82) is 5.26 Å². The summed E-state index contributed by atoms with van der Waals surface area (Å²) in [4.78, 5) is 36.4. The Labute approximate surface area is 235 Å². The van der Waals surface area contributed by atoms with Crippen molar-refractivity contribution in [3.05, 3.63) is 93.3 Å². The van der Waals surface area contributed by atoms with E-state index in [0.29, 0.717) is 5.56 Å². The van der Waals surface area contributed by atoms with Crippen molar-refractivity contribution < 1.29 is 33.4 Å². The van der Waals surface area contributed by atoms with Crippen LogP contribution >= 0.6 is 11.6 Å². The first-order chi connectivity index (χ1) is 18.9. The van der Waals surface area contributed by atoms with Crippen LogP contribution in [0.25, 0.3) is 0 Å². The molecule has 40 heavy (non-hydrogen) atoms. The predicted octanol–water partition coefficient (Wildman–Crippen LogP) is 5.14. The summed E-state index contributed by atoms with van der Waals surface area (Å²) in [5.41, 5.74) is -0.0860. The maximum Gasteiger partial charge on any atom is 0.329 e. The number of nitrogens with zero attached hydrogens (tertiary/aromatic N) is 1. The van der Waals surface area contributed by atoms with Gasteiger partial charge in [-0.1, -0.05) is 35.6 Å². The summed E-state index contributed by atoms with van der Waals surface area (Å²) in [5, 5.41) is 20.7. The average molecular weight is 563 g/mol. The number of benzene rings is 3. The SMILES string of the molecule is Cc1c(NC(=O)COc2ccc(Cl)cc2C(=O)c2cccc(C#N)c2)ccc(C#CC(C)(C)OCC(=O)O)c1F. The minimum atomic E-state index is -1.15. The fraction of sp³-hybridized carbons (Fsp3) is 0.200. The number of nitriles is 1. The summed E-state index contributed by atoms with van der Waals surface area (Å²) >= 11 is 6.08. The van der Waals surface area contributed by atoms with Crippen LogP contribution in [0.3, 0.4) is 0 Å². The average Bonchev–Trinajstić information content (AvgIpc) is 2.93. The van der Waals surface area contributed by atoms with E-state index in [2.05, 4.69) is 17.2 Å². The number of carbonyl (C=O) groups excluding carboxylic acids is 2. The molecule has 2 N–H and O–H groups in total.